The van der Waals surface area contributed by atoms with Crippen LogP contribution >= 0.6 is 0 Å². The van der Waals surface area contributed by atoms with E-state index in [1.165, 1.54) is 6.07 Å². The van der Waals surface area contributed by atoms with Crippen molar-refractivity contribution in [2.45, 2.75) is 26.4 Å². The minimum atomic E-state index is -1.08. The number of hydrogen-bond acceptors (Lipinski definition) is 5. The van der Waals surface area contributed by atoms with Crippen LogP contribution in [0.1, 0.15) is 30.2 Å². The molecule has 1 unspecified atom stereocenters. The third-order valence-corrected chi connectivity index (χ3v) is 3.01. The number of nitrogens with zero attached hydrogens (tertiary/aromatic N) is 1. The van der Waals surface area contributed by atoms with Gasteiger partial charge in [0.2, 0.25) is 0 Å². The van der Waals surface area contributed by atoms with Crippen LogP contribution in [0.5, 0.6) is 0 Å². The molecule has 0 radical (unpaired) electrons. The lowest BCUT2D eigenvalue weighted by Crippen LogP contribution is -2.44. The third kappa shape index (κ3) is 5.20. The van der Waals surface area contributed by atoms with Gasteiger partial charge < -0.3 is 19.9 Å². The number of hydrogen-bond donors (Lipinski definition) is 3. The molecule has 7 nitrogen and oxygen atoms in total. The van der Waals surface area contributed by atoms with Crippen LogP contribution in [0.25, 0.3) is 0 Å². The zero-order valence-electron chi connectivity index (χ0n) is 12.5. The molecule has 0 spiro atoms. The molecule has 0 aliphatic carbocycles. The van der Waals surface area contributed by atoms with Gasteiger partial charge in [0.15, 0.2) is 5.76 Å². The van der Waals surface area contributed by atoms with E-state index < -0.39 is 17.9 Å². The van der Waals surface area contributed by atoms with Crippen LogP contribution in [0.15, 0.2) is 16.5 Å². The Morgan fingerprint density at radius 1 is 1.38 bits per heavy atom. The molecule has 0 bridgehead atoms. The third-order valence-electron chi connectivity index (χ3n) is 3.01. The summed E-state index contributed by atoms with van der Waals surface area (Å²) in [6, 6.07) is 2.22. The first kappa shape index (κ1) is 17.2. The number of carbonyl (C=O) groups excluding carboxylic acids is 1. The lowest BCUT2D eigenvalue weighted by atomic mass is 10.0. The zero-order valence-corrected chi connectivity index (χ0v) is 12.5. The topological polar surface area (TPSA) is 103 Å². The van der Waals surface area contributed by atoms with Crippen LogP contribution < -0.4 is 5.32 Å². The SMILES string of the molecule is CC(C)C(NC(=O)c1ccc(CN(C)CCO)o1)C(=O)O. The van der Waals surface area contributed by atoms with Gasteiger partial charge in [0.05, 0.1) is 13.2 Å². The lowest BCUT2D eigenvalue weighted by Gasteiger charge is -2.17. The summed E-state index contributed by atoms with van der Waals surface area (Å²) in [5.41, 5.74) is 0. The van der Waals surface area contributed by atoms with Crippen molar-refractivity contribution in [1.29, 1.82) is 0 Å². The molecule has 1 aromatic heterocycles. The maximum atomic E-state index is 12.0. The quantitative estimate of drug-likeness (QED) is 0.647. The highest BCUT2D eigenvalue weighted by molar-refractivity contribution is 5.94. The summed E-state index contributed by atoms with van der Waals surface area (Å²) in [5.74, 6) is -1.20. The van der Waals surface area contributed by atoms with Crippen molar-refractivity contribution < 1.29 is 24.2 Å². The van der Waals surface area contributed by atoms with E-state index in [1.54, 1.807) is 19.9 Å². The van der Waals surface area contributed by atoms with Crippen LogP contribution in [-0.2, 0) is 11.3 Å². The number of aliphatic hydroxyl groups is 1. The largest absolute Gasteiger partial charge is 0.480 e. The average Bonchev–Trinajstić information content (AvgIpc) is 2.83. The molecular weight excluding hydrogens is 276 g/mol. The number of aliphatic carboxylic acids is 1. The van der Waals surface area contributed by atoms with Gasteiger partial charge in [0.1, 0.15) is 11.8 Å². The Balaban J connectivity index is 2.67. The number of nitrogens with one attached hydrogen (secondary N) is 1. The van der Waals surface area contributed by atoms with Gasteiger partial charge in [-0.1, -0.05) is 13.8 Å². The Kier molecular flexibility index (Phi) is 6.39. The lowest BCUT2D eigenvalue weighted by molar-refractivity contribution is -0.140. The van der Waals surface area contributed by atoms with Crippen molar-refractivity contribution in [3.63, 3.8) is 0 Å². The van der Waals surface area contributed by atoms with Gasteiger partial charge in [0, 0.05) is 6.54 Å². The Labute approximate surface area is 123 Å². The summed E-state index contributed by atoms with van der Waals surface area (Å²) in [6.07, 6.45) is 0. The molecular formula is C14H22N2O5. The Hall–Kier alpha value is -1.86. The van der Waals surface area contributed by atoms with Gasteiger partial charge in [-0.25, -0.2) is 4.79 Å². The van der Waals surface area contributed by atoms with Gasteiger partial charge in [-0.3, -0.25) is 9.69 Å². The predicted molar refractivity (Wildman–Crippen MR) is 75.9 cm³/mol. The fourth-order valence-corrected chi connectivity index (χ4v) is 1.83. The first-order valence-corrected chi connectivity index (χ1v) is 6.77. The summed E-state index contributed by atoms with van der Waals surface area (Å²) < 4.78 is 5.39. The van der Waals surface area contributed by atoms with E-state index in [1.807, 2.05) is 11.9 Å². The van der Waals surface area contributed by atoms with E-state index in [2.05, 4.69) is 5.32 Å². The minimum Gasteiger partial charge on any atom is -0.480 e. The van der Waals surface area contributed by atoms with Gasteiger partial charge in [-0.2, -0.15) is 0 Å². The second-order valence-electron chi connectivity index (χ2n) is 5.26. The number of likely N-dealkylation sites (N-methyl/N-ethyl adjacent to an activating group) is 1. The maximum absolute atomic E-state index is 12.0. The van der Waals surface area contributed by atoms with Crippen LogP contribution in [0.3, 0.4) is 0 Å². The van der Waals surface area contributed by atoms with Crippen molar-refractivity contribution in [3.05, 3.63) is 23.7 Å². The highest BCUT2D eigenvalue weighted by Gasteiger charge is 2.25. The monoisotopic (exact) mass is 298 g/mol. The normalized spacial score (nSPS) is 12.7. The molecule has 1 amide bonds. The van der Waals surface area contributed by atoms with Gasteiger partial charge in [-0.15, -0.1) is 0 Å². The van der Waals surface area contributed by atoms with E-state index in [-0.39, 0.29) is 18.3 Å². The number of aliphatic hydroxyl groups excluding tert-OH is 1. The van der Waals surface area contributed by atoms with Crippen LogP contribution in [0.2, 0.25) is 0 Å². The molecule has 1 atom stereocenters. The number of rotatable bonds is 8. The number of carbonyl (C=O) groups is 2. The second kappa shape index (κ2) is 7.80. The van der Waals surface area contributed by atoms with Gasteiger partial charge in [0.25, 0.3) is 5.91 Å². The van der Waals surface area contributed by atoms with E-state index >= 15 is 0 Å². The molecule has 0 fully saturated rings. The molecule has 7 heteroatoms. The fourth-order valence-electron chi connectivity index (χ4n) is 1.83. The number of carboxylic acids is 1. The number of furan rings is 1. The molecule has 3 N–H and O–H groups in total. The fraction of sp³-hybridized carbons (Fsp3) is 0.571. The summed E-state index contributed by atoms with van der Waals surface area (Å²) in [7, 11) is 1.82. The Morgan fingerprint density at radius 2 is 2.05 bits per heavy atom. The van der Waals surface area contributed by atoms with Crippen molar-refractivity contribution in [3.8, 4) is 0 Å². The van der Waals surface area contributed by atoms with Crippen molar-refractivity contribution in [1.82, 2.24) is 10.2 Å². The first-order valence-electron chi connectivity index (χ1n) is 6.77. The standard InChI is InChI=1S/C14H22N2O5/c1-9(2)12(14(19)20)15-13(18)11-5-4-10(21-11)8-16(3)6-7-17/h4-5,9,12,17H,6-8H2,1-3H3,(H,15,18)(H,19,20). The molecule has 118 valence electrons. The molecule has 1 aromatic rings. The molecule has 1 rings (SSSR count). The molecule has 21 heavy (non-hydrogen) atoms. The number of carboxylic acid groups (broad SMARTS) is 1. The maximum Gasteiger partial charge on any atom is 0.326 e. The van der Waals surface area contributed by atoms with E-state index in [4.69, 9.17) is 14.6 Å². The molecule has 0 aromatic carbocycles. The molecule has 0 aliphatic heterocycles. The highest BCUT2D eigenvalue weighted by Crippen LogP contribution is 2.11. The van der Waals surface area contributed by atoms with Crippen LogP contribution in [-0.4, -0.2) is 53.2 Å². The minimum absolute atomic E-state index is 0.0409. The van der Waals surface area contributed by atoms with Crippen molar-refractivity contribution in [2.75, 3.05) is 20.2 Å². The van der Waals surface area contributed by atoms with Gasteiger partial charge in [-0.05, 0) is 25.1 Å². The summed E-state index contributed by atoms with van der Waals surface area (Å²) in [5, 5.41) is 20.3. The first-order chi connectivity index (χ1) is 9.85. The summed E-state index contributed by atoms with van der Waals surface area (Å²) in [4.78, 5) is 24.9. The molecule has 0 saturated heterocycles. The van der Waals surface area contributed by atoms with Gasteiger partial charge >= 0.3 is 5.97 Å². The summed E-state index contributed by atoms with van der Waals surface area (Å²) >= 11 is 0. The van der Waals surface area contributed by atoms with E-state index in [9.17, 15) is 9.59 Å². The van der Waals surface area contributed by atoms with Crippen LogP contribution in [0.4, 0.5) is 0 Å². The highest BCUT2D eigenvalue weighted by atomic mass is 16.4. The zero-order chi connectivity index (χ0) is 16.0. The van der Waals surface area contributed by atoms with E-state index in [0.29, 0.717) is 18.8 Å². The Morgan fingerprint density at radius 3 is 2.57 bits per heavy atom. The smallest absolute Gasteiger partial charge is 0.326 e. The van der Waals surface area contributed by atoms with Crippen LogP contribution in [0, 0.1) is 5.92 Å². The summed E-state index contributed by atoms with van der Waals surface area (Å²) in [6.45, 7) is 4.43. The van der Waals surface area contributed by atoms with Crippen molar-refractivity contribution >= 4 is 11.9 Å². The average molecular weight is 298 g/mol. The second-order valence-corrected chi connectivity index (χ2v) is 5.26. The van der Waals surface area contributed by atoms with Crippen molar-refractivity contribution in [2.24, 2.45) is 5.92 Å². The predicted octanol–water partition coefficient (Wildman–Crippen LogP) is 0.543. The number of amides is 1. The molecule has 1 heterocycles. The van der Waals surface area contributed by atoms with E-state index in [0.717, 1.165) is 0 Å². The Bertz CT molecular complexity index is 483. The molecule has 0 saturated carbocycles. The molecule has 0 aliphatic rings.